The van der Waals surface area contributed by atoms with E-state index >= 15 is 0 Å². The number of hydrogen-bond donors (Lipinski definition) is 1. The summed E-state index contributed by atoms with van der Waals surface area (Å²) in [6.07, 6.45) is 0. The summed E-state index contributed by atoms with van der Waals surface area (Å²) in [7, 11) is 0. The first-order chi connectivity index (χ1) is 9.49. The molecule has 0 saturated carbocycles. The third kappa shape index (κ3) is 3.35. The van der Waals surface area contributed by atoms with Gasteiger partial charge in [-0.05, 0) is 29.3 Å². The van der Waals surface area contributed by atoms with Gasteiger partial charge in [-0.3, -0.25) is 0 Å². The van der Waals surface area contributed by atoms with E-state index in [1.165, 1.54) is 6.07 Å². The lowest BCUT2D eigenvalue weighted by Gasteiger charge is -2.12. The SMILES string of the molecule is CC(C)NCc1cc(-c2cccc(F)c2F)ccc1Cl. The minimum absolute atomic E-state index is 0.243. The smallest absolute Gasteiger partial charge is 0.166 e. The van der Waals surface area contributed by atoms with Gasteiger partial charge in [-0.25, -0.2) is 8.78 Å². The first kappa shape index (κ1) is 14.9. The Labute approximate surface area is 122 Å². The molecular formula is C16H16ClF2N. The zero-order valence-corrected chi connectivity index (χ0v) is 12.1. The molecule has 0 aromatic heterocycles. The van der Waals surface area contributed by atoms with Gasteiger partial charge in [-0.1, -0.05) is 43.6 Å². The molecule has 1 nitrogen and oxygen atoms in total. The van der Waals surface area contributed by atoms with Crippen molar-refractivity contribution < 1.29 is 8.78 Å². The van der Waals surface area contributed by atoms with Crippen molar-refractivity contribution in [3.05, 3.63) is 58.6 Å². The van der Waals surface area contributed by atoms with Crippen LogP contribution >= 0.6 is 11.6 Å². The average molecular weight is 296 g/mol. The van der Waals surface area contributed by atoms with Crippen molar-refractivity contribution in [1.82, 2.24) is 5.32 Å². The molecule has 106 valence electrons. The van der Waals surface area contributed by atoms with Gasteiger partial charge >= 0.3 is 0 Å². The quantitative estimate of drug-likeness (QED) is 0.855. The average Bonchev–Trinajstić information content (AvgIpc) is 2.41. The van der Waals surface area contributed by atoms with E-state index in [-0.39, 0.29) is 5.56 Å². The van der Waals surface area contributed by atoms with Crippen LogP contribution in [0.3, 0.4) is 0 Å². The molecule has 0 bridgehead atoms. The normalized spacial score (nSPS) is 11.1. The molecule has 0 atom stereocenters. The number of hydrogen-bond acceptors (Lipinski definition) is 1. The largest absolute Gasteiger partial charge is 0.310 e. The molecule has 2 aromatic rings. The van der Waals surface area contributed by atoms with E-state index in [0.29, 0.717) is 23.2 Å². The summed E-state index contributed by atoms with van der Waals surface area (Å²) < 4.78 is 27.1. The lowest BCUT2D eigenvalue weighted by molar-refractivity contribution is 0.511. The first-order valence-electron chi connectivity index (χ1n) is 6.45. The van der Waals surface area contributed by atoms with Crippen LogP contribution in [-0.2, 0) is 6.54 Å². The minimum Gasteiger partial charge on any atom is -0.310 e. The number of benzene rings is 2. The Morgan fingerprint density at radius 3 is 2.60 bits per heavy atom. The molecular weight excluding hydrogens is 280 g/mol. The van der Waals surface area contributed by atoms with E-state index in [1.54, 1.807) is 24.3 Å². The highest BCUT2D eigenvalue weighted by atomic mass is 35.5. The summed E-state index contributed by atoms with van der Waals surface area (Å²) in [4.78, 5) is 0. The molecule has 0 aliphatic heterocycles. The Morgan fingerprint density at radius 1 is 1.15 bits per heavy atom. The molecule has 4 heteroatoms. The monoisotopic (exact) mass is 295 g/mol. The van der Waals surface area contributed by atoms with Crippen LogP contribution in [0.2, 0.25) is 5.02 Å². The Morgan fingerprint density at radius 2 is 1.90 bits per heavy atom. The van der Waals surface area contributed by atoms with Crippen LogP contribution in [-0.4, -0.2) is 6.04 Å². The van der Waals surface area contributed by atoms with Gasteiger partial charge in [0.1, 0.15) is 0 Å². The molecule has 0 fully saturated rings. The Balaban J connectivity index is 2.38. The molecule has 0 unspecified atom stereocenters. The Kier molecular flexibility index (Phi) is 4.73. The number of halogens is 3. The first-order valence-corrected chi connectivity index (χ1v) is 6.83. The van der Waals surface area contributed by atoms with Crippen molar-refractivity contribution in [2.75, 3.05) is 0 Å². The van der Waals surface area contributed by atoms with Gasteiger partial charge in [0.05, 0.1) is 0 Å². The fourth-order valence-corrected chi connectivity index (χ4v) is 2.10. The van der Waals surface area contributed by atoms with Gasteiger partial charge in [0.15, 0.2) is 11.6 Å². The molecule has 2 aromatic carbocycles. The second kappa shape index (κ2) is 6.33. The van der Waals surface area contributed by atoms with E-state index < -0.39 is 11.6 Å². The predicted octanol–water partition coefficient (Wildman–Crippen LogP) is 4.78. The van der Waals surface area contributed by atoms with Crippen molar-refractivity contribution in [3.8, 4) is 11.1 Å². The van der Waals surface area contributed by atoms with Crippen LogP contribution in [0.5, 0.6) is 0 Å². The van der Waals surface area contributed by atoms with E-state index in [0.717, 1.165) is 11.6 Å². The van der Waals surface area contributed by atoms with Crippen molar-refractivity contribution in [2.45, 2.75) is 26.4 Å². The summed E-state index contributed by atoms with van der Waals surface area (Å²) >= 11 is 6.13. The van der Waals surface area contributed by atoms with Gasteiger partial charge in [-0.15, -0.1) is 0 Å². The summed E-state index contributed by atoms with van der Waals surface area (Å²) in [6.45, 7) is 4.65. The summed E-state index contributed by atoms with van der Waals surface area (Å²) in [5.74, 6) is -1.68. The molecule has 0 spiro atoms. The van der Waals surface area contributed by atoms with Crippen molar-refractivity contribution in [1.29, 1.82) is 0 Å². The predicted molar refractivity (Wildman–Crippen MR) is 78.8 cm³/mol. The summed E-state index contributed by atoms with van der Waals surface area (Å²) in [5, 5.41) is 3.86. The van der Waals surface area contributed by atoms with Crippen LogP contribution < -0.4 is 5.32 Å². The molecule has 0 aliphatic rings. The lowest BCUT2D eigenvalue weighted by atomic mass is 10.0. The highest BCUT2D eigenvalue weighted by Crippen LogP contribution is 2.28. The summed E-state index contributed by atoms with van der Waals surface area (Å²) in [5.41, 5.74) is 1.72. The topological polar surface area (TPSA) is 12.0 Å². The van der Waals surface area contributed by atoms with Crippen molar-refractivity contribution in [3.63, 3.8) is 0 Å². The molecule has 0 heterocycles. The maximum atomic E-state index is 13.8. The molecule has 0 radical (unpaired) electrons. The Bertz CT molecular complexity index is 611. The molecule has 0 amide bonds. The van der Waals surface area contributed by atoms with Crippen LogP contribution in [0.4, 0.5) is 8.78 Å². The number of nitrogens with one attached hydrogen (secondary N) is 1. The Hall–Kier alpha value is -1.45. The van der Waals surface area contributed by atoms with E-state index in [4.69, 9.17) is 11.6 Å². The fourth-order valence-electron chi connectivity index (χ4n) is 1.92. The maximum absolute atomic E-state index is 13.8. The molecule has 0 saturated heterocycles. The fraction of sp³-hybridized carbons (Fsp3) is 0.250. The van der Waals surface area contributed by atoms with Crippen LogP contribution in [0.25, 0.3) is 11.1 Å². The lowest BCUT2D eigenvalue weighted by Crippen LogP contribution is -2.22. The highest BCUT2D eigenvalue weighted by molar-refractivity contribution is 6.31. The minimum atomic E-state index is -0.848. The van der Waals surface area contributed by atoms with E-state index in [2.05, 4.69) is 5.32 Å². The van der Waals surface area contributed by atoms with E-state index in [1.807, 2.05) is 13.8 Å². The molecule has 20 heavy (non-hydrogen) atoms. The van der Waals surface area contributed by atoms with E-state index in [9.17, 15) is 8.78 Å². The van der Waals surface area contributed by atoms with Gasteiger partial charge in [-0.2, -0.15) is 0 Å². The maximum Gasteiger partial charge on any atom is 0.166 e. The molecule has 0 aliphatic carbocycles. The van der Waals surface area contributed by atoms with Gasteiger partial charge in [0, 0.05) is 23.2 Å². The van der Waals surface area contributed by atoms with Gasteiger partial charge in [0.2, 0.25) is 0 Å². The standard InChI is InChI=1S/C16H16ClF2N/c1-10(2)20-9-12-8-11(6-7-14(12)17)13-4-3-5-15(18)16(13)19/h3-8,10,20H,9H2,1-2H3. The zero-order valence-electron chi connectivity index (χ0n) is 11.4. The number of rotatable bonds is 4. The third-order valence-electron chi connectivity index (χ3n) is 3.01. The van der Waals surface area contributed by atoms with Crippen molar-refractivity contribution >= 4 is 11.6 Å². The molecule has 1 N–H and O–H groups in total. The zero-order chi connectivity index (χ0) is 14.7. The second-order valence-electron chi connectivity index (χ2n) is 4.94. The third-order valence-corrected chi connectivity index (χ3v) is 3.38. The van der Waals surface area contributed by atoms with Gasteiger partial charge in [0.25, 0.3) is 0 Å². The van der Waals surface area contributed by atoms with Crippen LogP contribution in [0, 0.1) is 11.6 Å². The van der Waals surface area contributed by atoms with Crippen molar-refractivity contribution in [2.24, 2.45) is 0 Å². The van der Waals surface area contributed by atoms with Crippen LogP contribution in [0.1, 0.15) is 19.4 Å². The van der Waals surface area contributed by atoms with Gasteiger partial charge < -0.3 is 5.32 Å². The van der Waals surface area contributed by atoms with Crippen LogP contribution in [0.15, 0.2) is 36.4 Å². The molecule has 2 rings (SSSR count). The highest BCUT2D eigenvalue weighted by Gasteiger charge is 2.11. The second-order valence-corrected chi connectivity index (χ2v) is 5.35. The summed E-state index contributed by atoms with van der Waals surface area (Å²) in [6, 6.07) is 9.67.